The summed E-state index contributed by atoms with van der Waals surface area (Å²) < 4.78 is 10.3. The fourth-order valence-corrected chi connectivity index (χ4v) is 1.53. The van der Waals surface area contributed by atoms with Crippen molar-refractivity contribution in [1.29, 1.82) is 0 Å². The molecular formula is C13H13NO3. The smallest absolute Gasteiger partial charge is 0.394 e. The maximum Gasteiger partial charge on any atom is 0.394 e. The van der Waals surface area contributed by atoms with E-state index in [-0.39, 0.29) is 5.89 Å². The van der Waals surface area contributed by atoms with Crippen LogP contribution in [0.5, 0.6) is 0 Å². The highest BCUT2D eigenvalue weighted by atomic mass is 16.5. The molecule has 88 valence electrons. The first kappa shape index (κ1) is 11.4. The van der Waals surface area contributed by atoms with Gasteiger partial charge in [0, 0.05) is 5.56 Å². The van der Waals surface area contributed by atoms with Crippen molar-refractivity contribution in [1.82, 2.24) is 4.98 Å². The first-order chi connectivity index (χ1) is 8.22. The number of benzene rings is 1. The van der Waals surface area contributed by atoms with Crippen LogP contribution in [0.15, 0.2) is 34.7 Å². The fraction of sp³-hybridized carbons (Fsp3) is 0.231. The molecule has 1 heterocycles. The van der Waals surface area contributed by atoms with E-state index in [0.29, 0.717) is 18.1 Å². The third-order valence-corrected chi connectivity index (χ3v) is 2.28. The highest BCUT2D eigenvalue weighted by molar-refractivity contribution is 5.85. The van der Waals surface area contributed by atoms with Gasteiger partial charge in [0.25, 0.3) is 0 Å². The highest BCUT2D eigenvalue weighted by Crippen LogP contribution is 2.24. The number of aryl methyl sites for hydroxylation is 1. The van der Waals surface area contributed by atoms with Gasteiger partial charge in [0.2, 0.25) is 0 Å². The zero-order valence-corrected chi connectivity index (χ0v) is 9.77. The third kappa shape index (κ3) is 2.36. The van der Waals surface area contributed by atoms with Crippen LogP contribution in [0.1, 0.15) is 23.3 Å². The molecule has 0 saturated carbocycles. The Hall–Kier alpha value is -2.10. The molecule has 2 aromatic rings. The molecule has 0 fully saturated rings. The quantitative estimate of drug-likeness (QED) is 0.762. The van der Waals surface area contributed by atoms with E-state index in [9.17, 15) is 4.79 Å². The summed E-state index contributed by atoms with van der Waals surface area (Å²) in [5, 5.41) is 0. The van der Waals surface area contributed by atoms with Crippen molar-refractivity contribution in [3.05, 3.63) is 41.9 Å². The van der Waals surface area contributed by atoms with E-state index in [1.165, 1.54) is 0 Å². The summed E-state index contributed by atoms with van der Waals surface area (Å²) in [6.07, 6.45) is 0. The lowest BCUT2D eigenvalue weighted by Gasteiger charge is -1.97. The number of nitrogens with zero attached hydrogens (tertiary/aromatic N) is 1. The van der Waals surface area contributed by atoms with Gasteiger partial charge in [-0.2, -0.15) is 0 Å². The molecule has 0 aliphatic heterocycles. The molecule has 0 aliphatic carbocycles. The van der Waals surface area contributed by atoms with Crippen LogP contribution in [-0.4, -0.2) is 17.6 Å². The highest BCUT2D eigenvalue weighted by Gasteiger charge is 2.18. The summed E-state index contributed by atoms with van der Waals surface area (Å²) in [5.41, 5.74) is 1.58. The number of hydrogen-bond donors (Lipinski definition) is 0. The Labute approximate surface area is 99.2 Å². The van der Waals surface area contributed by atoms with Gasteiger partial charge in [-0.05, 0) is 13.8 Å². The first-order valence-corrected chi connectivity index (χ1v) is 5.42. The Morgan fingerprint density at radius 1 is 1.35 bits per heavy atom. The second kappa shape index (κ2) is 4.82. The van der Waals surface area contributed by atoms with E-state index in [1.54, 1.807) is 13.8 Å². The largest absolute Gasteiger partial charge is 0.459 e. The Morgan fingerprint density at radius 2 is 2.06 bits per heavy atom. The SMILES string of the molecule is CCOC(=O)c1nc(C)c(-c2ccccc2)o1. The number of rotatable bonds is 3. The Bertz CT molecular complexity index is 517. The molecule has 0 bridgehead atoms. The van der Waals surface area contributed by atoms with Crippen LogP contribution < -0.4 is 0 Å². The minimum Gasteiger partial charge on any atom is -0.459 e. The van der Waals surface area contributed by atoms with Crippen molar-refractivity contribution in [3.63, 3.8) is 0 Å². The minimum atomic E-state index is -0.530. The Balaban J connectivity index is 2.35. The van der Waals surface area contributed by atoms with Crippen molar-refractivity contribution in [2.75, 3.05) is 6.61 Å². The van der Waals surface area contributed by atoms with Gasteiger partial charge in [0.05, 0.1) is 12.3 Å². The molecular weight excluding hydrogens is 218 g/mol. The van der Waals surface area contributed by atoms with Crippen LogP contribution in [0.2, 0.25) is 0 Å². The Morgan fingerprint density at radius 3 is 2.71 bits per heavy atom. The lowest BCUT2D eigenvalue weighted by Crippen LogP contribution is -2.04. The van der Waals surface area contributed by atoms with Crippen molar-refractivity contribution in [3.8, 4) is 11.3 Å². The number of aromatic nitrogens is 1. The molecule has 0 radical (unpaired) electrons. The van der Waals surface area contributed by atoms with E-state index in [1.807, 2.05) is 30.3 Å². The van der Waals surface area contributed by atoms with Crippen LogP contribution in [0.4, 0.5) is 0 Å². The molecule has 0 amide bonds. The van der Waals surface area contributed by atoms with Crippen LogP contribution in [0, 0.1) is 6.92 Å². The van der Waals surface area contributed by atoms with Crippen LogP contribution in [-0.2, 0) is 4.74 Å². The molecule has 4 nitrogen and oxygen atoms in total. The fourth-order valence-electron chi connectivity index (χ4n) is 1.53. The van der Waals surface area contributed by atoms with E-state index < -0.39 is 5.97 Å². The predicted molar refractivity (Wildman–Crippen MR) is 62.6 cm³/mol. The van der Waals surface area contributed by atoms with Gasteiger partial charge in [-0.15, -0.1) is 0 Å². The van der Waals surface area contributed by atoms with Gasteiger partial charge in [-0.1, -0.05) is 30.3 Å². The molecule has 17 heavy (non-hydrogen) atoms. The normalized spacial score (nSPS) is 10.2. The molecule has 0 spiro atoms. The number of carbonyl (C=O) groups excluding carboxylic acids is 1. The van der Waals surface area contributed by atoms with Crippen LogP contribution >= 0.6 is 0 Å². The Kier molecular flexibility index (Phi) is 3.23. The standard InChI is InChI=1S/C13H13NO3/c1-3-16-13(15)12-14-9(2)11(17-12)10-7-5-4-6-8-10/h4-8H,3H2,1-2H3. The van der Waals surface area contributed by atoms with Crippen molar-refractivity contribution >= 4 is 5.97 Å². The van der Waals surface area contributed by atoms with Crippen LogP contribution in [0.3, 0.4) is 0 Å². The molecule has 4 heteroatoms. The topological polar surface area (TPSA) is 52.3 Å². The number of carbonyl (C=O) groups is 1. The number of ether oxygens (including phenoxy) is 1. The van der Waals surface area contributed by atoms with Gasteiger partial charge in [-0.25, -0.2) is 9.78 Å². The average Bonchev–Trinajstić information content (AvgIpc) is 2.73. The molecule has 0 saturated heterocycles. The van der Waals surface area contributed by atoms with E-state index in [2.05, 4.69) is 4.98 Å². The molecule has 0 unspecified atom stereocenters. The molecule has 1 aromatic carbocycles. The van der Waals surface area contributed by atoms with Crippen LogP contribution in [0.25, 0.3) is 11.3 Å². The molecule has 0 N–H and O–H groups in total. The zero-order chi connectivity index (χ0) is 12.3. The average molecular weight is 231 g/mol. The van der Waals surface area contributed by atoms with Gasteiger partial charge >= 0.3 is 11.9 Å². The van der Waals surface area contributed by atoms with E-state index in [4.69, 9.17) is 9.15 Å². The van der Waals surface area contributed by atoms with Gasteiger partial charge in [0.1, 0.15) is 0 Å². The summed E-state index contributed by atoms with van der Waals surface area (Å²) in [4.78, 5) is 15.5. The maximum absolute atomic E-state index is 11.5. The monoisotopic (exact) mass is 231 g/mol. The number of hydrogen-bond acceptors (Lipinski definition) is 4. The second-order valence-corrected chi connectivity index (χ2v) is 3.52. The predicted octanol–water partition coefficient (Wildman–Crippen LogP) is 2.83. The van der Waals surface area contributed by atoms with Gasteiger partial charge in [-0.3, -0.25) is 0 Å². The second-order valence-electron chi connectivity index (χ2n) is 3.52. The number of esters is 1. The molecule has 0 aliphatic rings. The molecule has 2 rings (SSSR count). The summed E-state index contributed by atoms with van der Waals surface area (Å²) in [6.45, 7) is 3.85. The molecule has 0 atom stereocenters. The summed E-state index contributed by atoms with van der Waals surface area (Å²) >= 11 is 0. The number of oxazole rings is 1. The van der Waals surface area contributed by atoms with Gasteiger partial charge < -0.3 is 9.15 Å². The van der Waals surface area contributed by atoms with E-state index in [0.717, 1.165) is 5.56 Å². The van der Waals surface area contributed by atoms with E-state index >= 15 is 0 Å². The molecule has 1 aromatic heterocycles. The van der Waals surface area contributed by atoms with Crippen molar-refractivity contribution in [2.24, 2.45) is 0 Å². The zero-order valence-electron chi connectivity index (χ0n) is 9.77. The van der Waals surface area contributed by atoms with Crippen molar-refractivity contribution < 1.29 is 13.9 Å². The lowest BCUT2D eigenvalue weighted by molar-refractivity contribution is 0.0482. The maximum atomic E-state index is 11.5. The van der Waals surface area contributed by atoms with Crippen molar-refractivity contribution in [2.45, 2.75) is 13.8 Å². The lowest BCUT2D eigenvalue weighted by atomic mass is 10.1. The first-order valence-electron chi connectivity index (χ1n) is 5.42. The summed E-state index contributed by atoms with van der Waals surface area (Å²) in [6, 6.07) is 9.54. The summed E-state index contributed by atoms with van der Waals surface area (Å²) in [7, 11) is 0. The van der Waals surface area contributed by atoms with Gasteiger partial charge in [0.15, 0.2) is 5.76 Å². The third-order valence-electron chi connectivity index (χ3n) is 2.28. The minimum absolute atomic E-state index is 0.00297. The summed E-state index contributed by atoms with van der Waals surface area (Å²) in [5.74, 6) is 0.0784.